The van der Waals surface area contributed by atoms with Crippen molar-refractivity contribution < 1.29 is 19.4 Å². The monoisotopic (exact) mass is 348 g/mol. The summed E-state index contributed by atoms with van der Waals surface area (Å²) in [6.07, 6.45) is 1.48. The van der Waals surface area contributed by atoms with Crippen LogP contribution in [0.25, 0.3) is 0 Å². The molecule has 6 nitrogen and oxygen atoms in total. The van der Waals surface area contributed by atoms with Crippen LogP contribution in [0.1, 0.15) is 24.3 Å². The van der Waals surface area contributed by atoms with Crippen LogP contribution in [0.4, 0.5) is 10.5 Å². The first-order chi connectivity index (χ1) is 11.8. The molecule has 1 aliphatic rings. The molecule has 0 bridgehead atoms. The second kappa shape index (κ2) is 8.03. The average molecular weight is 348 g/mol. The second-order valence-electron chi connectivity index (χ2n) is 5.50. The van der Waals surface area contributed by atoms with Crippen LogP contribution in [0, 0.1) is 0 Å². The fraction of sp³-hybridized carbons (Fsp3) is 0.353. The third kappa shape index (κ3) is 4.18. The number of amides is 2. The number of aliphatic hydroxyl groups is 1. The lowest BCUT2D eigenvalue weighted by Crippen LogP contribution is -2.30. The van der Waals surface area contributed by atoms with E-state index in [0.29, 0.717) is 30.2 Å². The fourth-order valence-corrected chi connectivity index (χ4v) is 3.39. The molecule has 1 aromatic heterocycles. The van der Waals surface area contributed by atoms with Crippen LogP contribution in [0.5, 0.6) is 11.5 Å². The number of fused-ring (bicyclic) bond motifs is 1. The first-order valence-electron chi connectivity index (χ1n) is 7.83. The van der Waals surface area contributed by atoms with Gasteiger partial charge in [0.05, 0.1) is 0 Å². The number of ether oxygens (including phenoxy) is 2. The van der Waals surface area contributed by atoms with Crippen molar-refractivity contribution in [3.05, 3.63) is 40.6 Å². The number of hydrogen-bond donors (Lipinski definition) is 3. The Kier molecular flexibility index (Phi) is 5.55. The van der Waals surface area contributed by atoms with Gasteiger partial charge in [0.1, 0.15) is 0 Å². The zero-order valence-electron chi connectivity index (χ0n) is 13.2. The number of aliphatic hydroxyl groups excluding tert-OH is 1. The highest BCUT2D eigenvalue weighted by Gasteiger charge is 2.15. The summed E-state index contributed by atoms with van der Waals surface area (Å²) >= 11 is 1.64. The van der Waals surface area contributed by atoms with E-state index in [1.807, 2.05) is 5.38 Å². The van der Waals surface area contributed by atoms with Gasteiger partial charge in [-0.25, -0.2) is 4.79 Å². The first kappa shape index (κ1) is 16.6. The molecule has 0 radical (unpaired) electrons. The van der Waals surface area contributed by atoms with E-state index in [2.05, 4.69) is 22.1 Å². The summed E-state index contributed by atoms with van der Waals surface area (Å²) in [5.74, 6) is 1.57. The van der Waals surface area contributed by atoms with Gasteiger partial charge < -0.3 is 25.2 Å². The normalized spacial score (nSPS) is 13.5. The average Bonchev–Trinajstić information content (AvgIpc) is 3.25. The number of nitrogens with one attached hydrogen (secondary N) is 2. The minimum atomic E-state index is -0.262. The molecule has 3 rings (SSSR count). The number of rotatable bonds is 7. The van der Waals surface area contributed by atoms with Crippen LogP contribution in [0.2, 0.25) is 0 Å². The Balaban J connectivity index is 1.46. The lowest BCUT2D eigenvalue weighted by atomic mass is 9.95. The molecule has 0 fully saturated rings. The molecule has 1 unspecified atom stereocenters. The molecule has 128 valence electrons. The molecule has 2 heterocycles. The predicted octanol–water partition coefficient (Wildman–Crippen LogP) is 3.15. The van der Waals surface area contributed by atoms with E-state index in [0.717, 1.165) is 6.42 Å². The standard InChI is InChI=1S/C17H20N2O4S/c20-7-4-12(13-5-8-24-10-13)3-6-18-17(21)19-14-1-2-15-16(9-14)23-11-22-15/h1-2,5,8-10,12,20H,3-4,6-7,11H2,(H2,18,19,21). The Hall–Kier alpha value is -2.25. The van der Waals surface area contributed by atoms with Gasteiger partial charge in [0, 0.05) is 24.9 Å². The third-order valence-electron chi connectivity index (χ3n) is 3.90. The van der Waals surface area contributed by atoms with Crippen LogP contribution in [0.3, 0.4) is 0 Å². The van der Waals surface area contributed by atoms with Crippen molar-refractivity contribution in [3.63, 3.8) is 0 Å². The molecule has 0 spiro atoms. The molecule has 24 heavy (non-hydrogen) atoms. The van der Waals surface area contributed by atoms with Gasteiger partial charge in [-0.1, -0.05) is 0 Å². The summed E-state index contributed by atoms with van der Waals surface area (Å²) in [5, 5.41) is 18.9. The van der Waals surface area contributed by atoms with Gasteiger partial charge in [-0.2, -0.15) is 11.3 Å². The SMILES string of the molecule is O=C(NCCC(CCO)c1ccsc1)Nc1ccc2c(c1)OCO2. The zero-order valence-corrected chi connectivity index (χ0v) is 14.0. The highest BCUT2D eigenvalue weighted by atomic mass is 32.1. The molecular weight excluding hydrogens is 328 g/mol. The summed E-state index contributed by atoms with van der Waals surface area (Å²) in [6, 6.07) is 7.08. The number of urea groups is 1. The van der Waals surface area contributed by atoms with Crippen molar-refractivity contribution in [3.8, 4) is 11.5 Å². The van der Waals surface area contributed by atoms with E-state index < -0.39 is 0 Å². The molecule has 2 amide bonds. The first-order valence-corrected chi connectivity index (χ1v) is 8.78. The number of benzene rings is 1. The van der Waals surface area contributed by atoms with E-state index in [-0.39, 0.29) is 25.3 Å². The molecular formula is C17H20N2O4S. The number of thiophene rings is 1. The maximum absolute atomic E-state index is 12.0. The smallest absolute Gasteiger partial charge is 0.319 e. The van der Waals surface area contributed by atoms with Gasteiger partial charge in [-0.3, -0.25) is 0 Å². The lowest BCUT2D eigenvalue weighted by Gasteiger charge is -2.15. The van der Waals surface area contributed by atoms with Gasteiger partial charge in [0.15, 0.2) is 11.5 Å². The van der Waals surface area contributed by atoms with Crippen LogP contribution >= 0.6 is 11.3 Å². The highest BCUT2D eigenvalue weighted by molar-refractivity contribution is 7.07. The summed E-state index contributed by atoms with van der Waals surface area (Å²) in [7, 11) is 0. The minimum absolute atomic E-state index is 0.143. The van der Waals surface area contributed by atoms with E-state index in [1.54, 1.807) is 29.5 Å². The number of carbonyl (C=O) groups is 1. The zero-order chi connectivity index (χ0) is 16.8. The topological polar surface area (TPSA) is 79.8 Å². The number of hydrogen-bond acceptors (Lipinski definition) is 5. The van der Waals surface area contributed by atoms with Crippen molar-refractivity contribution in [2.24, 2.45) is 0 Å². The van der Waals surface area contributed by atoms with E-state index >= 15 is 0 Å². The maximum Gasteiger partial charge on any atom is 0.319 e. The molecule has 1 aliphatic heterocycles. The Bertz CT molecular complexity index is 675. The summed E-state index contributed by atoms with van der Waals surface area (Å²) in [6.45, 7) is 0.890. The fourth-order valence-electron chi connectivity index (χ4n) is 2.65. The molecule has 0 saturated heterocycles. The molecule has 7 heteroatoms. The van der Waals surface area contributed by atoms with Gasteiger partial charge in [-0.05, 0) is 53.3 Å². The van der Waals surface area contributed by atoms with Gasteiger partial charge in [0.2, 0.25) is 6.79 Å². The largest absolute Gasteiger partial charge is 0.454 e. The Labute approximate surface area is 144 Å². The van der Waals surface area contributed by atoms with E-state index in [1.165, 1.54) is 5.56 Å². The van der Waals surface area contributed by atoms with Crippen molar-refractivity contribution in [2.75, 3.05) is 25.3 Å². The van der Waals surface area contributed by atoms with Crippen molar-refractivity contribution in [1.29, 1.82) is 0 Å². The predicted molar refractivity (Wildman–Crippen MR) is 93.0 cm³/mol. The lowest BCUT2D eigenvalue weighted by molar-refractivity contribution is 0.174. The number of anilines is 1. The molecule has 1 atom stereocenters. The molecule has 0 aliphatic carbocycles. The van der Waals surface area contributed by atoms with Gasteiger partial charge in [0.25, 0.3) is 0 Å². The van der Waals surface area contributed by atoms with Crippen LogP contribution in [-0.4, -0.2) is 31.1 Å². The van der Waals surface area contributed by atoms with Gasteiger partial charge >= 0.3 is 6.03 Å². The quantitative estimate of drug-likeness (QED) is 0.718. The van der Waals surface area contributed by atoms with E-state index in [4.69, 9.17) is 9.47 Å². The Morgan fingerprint density at radius 3 is 2.92 bits per heavy atom. The maximum atomic E-state index is 12.0. The summed E-state index contributed by atoms with van der Waals surface area (Å²) in [4.78, 5) is 12.0. The third-order valence-corrected chi connectivity index (χ3v) is 4.60. The minimum Gasteiger partial charge on any atom is -0.454 e. The highest BCUT2D eigenvalue weighted by Crippen LogP contribution is 2.34. The molecule has 1 aromatic carbocycles. The van der Waals surface area contributed by atoms with Crippen LogP contribution < -0.4 is 20.1 Å². The van der Waals surface area contributed by atoms with Crippen LogP contribution in [0.15, 0.2) is 35.0 Å². The Morgan fingerprint density at radius 1 is 1.25 bits per heavy atom. The Morgan fingerprint density at radius 2 is 2.12 bits per heavy atom. The van der Waals surface area contributed by atoms with Crippen molar-refractivity contribution in [2.45, 2.75) is 18.8 Å². The van der Waals surface area contributed by atoms with Crippen LogP contribution in [-0.2, 0) is 0 Å². The summed E-state index contributed by atoms with van der Waals surface area (Å²) in [5.41, 5.74) is 1.87. The van der Waals surface area contributed by atoms with Gasteiger partial charge in [-0.15, -0.1) is 0 Å². The summed E-state index contributed by atoms with van der Waals surface area (Å²) < 4.78 is 10.5. The second-order valence-corrected chi connectivity index (χ2v) is 6.28. The molecule has 2 aromatic rings. The number of carbonyl (C=O) groups excluding carboxylic acids is 1. The van der Waals surface area contributed by atoms with Crippen molar-refractivity contribution in [1.82, 2.24) is 5.32 Å². The molecule has 3 N–H and O–H groups in total. The van der Waals surface area contributed by atoms with E-state index in [9.17, 15) is 9.90 Å². The molecule has 0 saturated carbocycles. The van der Waals surface area contributed by atoms with Crippen molar-refractivity contribution >= 4 is 23.1 Å².